The molecular formula is C13H9N5O4. The number of hydrogen-bond acceptors (Lipinski definition) is 6. The Morgan fingerprint density at radius 1 is 1.45 bits per heavy atom. The first-order valence-corrected chi connectivity index (χ1v) is 6.02. The molecule has 2 rings (SSSR count). The van der Waals surface area contributed by atoms with Crippen molar-refractivity contribution < 1.29 is 9.72 Å². The van der Waals surface area contributed by atoms with Crippen molar-refractivity contribution in [3.8, 4) is 6.07 Å². The number of nitrogens with zero attached hydrogens (tertiary/aromatic N) is 4. The Kier molecular flexibility index (Phi) is 4.24. The lowest BCUT2D eigenvalue weighted by Crippen LogP contribution is -2.28. The van der Waals surface area contributed by atoms with Crippen LogP contribution in [0.5, 0.6) is 0 Å². The predicted octanol–water partition coefficient (Wildman–Crippen LogP) is 0.662. The number of benzene rings is 1. The lowest BCUT2D eigenvalue weighted by atomic mass is 10.1. The first-order valence-electron chi connectivity index (χ1n) is 6.02. The van der Waals surface area contributed by atoms with E-state index >= 15 is 0 Å². The highest BCUT2D eigenvalue weighted by Gasteiger charge is 2.13. The first kappa shape index (κ1) is 14.9. The molecule has 0 fully saturated rings. The number of hydrogen-bond donors (Lipinski definition) is 1. The third-order valence-corrected chi connectivity index (χ3v) is 2.69. The molecule has 0 saturated carbocycles. The van der Waals surface area contributed by atoms with Gasteiger partial charge in [-0.3, -0.25) is 19.7 Å². The number of amides is 1. The van der Waals surface area contributed by atoms with Crippen molar-refractivity contribution in [2.45, 2.75) is 6.54 Å². The van der Waals surface area contributed by atoms with Crippen LogP contribution >= 0.6 is 0 Å². The molecule has 0 bridgehead atoms. The minimum Gasteiger partial charge on any atom is -0.323 e. The quantitative estimate of drug-likeness (QED) is 0.651. The van der Waals surface area contributed by atoms with Gasteiger partial charge >= 0.3 is 0 Å². The minimum atomic E-state index is -0.639. The molecule has 0 atom stereocenters. The number of nitrogens with one attached hydrogen (secondary N) is 1. The number of nitriles is 1. The van der Waals surface area contributed by atoms with Crippen molar-refractivity contribution in [1.82, 2.24) is 9.78 Å². The van der Waals surface area contributed by atoms with E-state index in [0.29, 0.717) is 0 Å². The summed E-state index contributed by atoms with van der Waals surface area (Å²) in [7, 11) is 0. The molecule has 1 aromatic carbocycles. The molecule has 0 aliphatic carbocycles. The van der Waals surface area contributed by atoms with Gasteiger partial charge in [0.25, 0.3) is 11.2 Å². The summed E-state index contributed by atoms with van der Waals surface area (Å²) in [5.41, 5.74) is -0.615. The molecule has 9 heteroatoms. The molecule has 0 spiro atoms. The zero-order valence-electron chi connectivity index (χ0n) is 11.1. The summed E-state index contributed by atoms with van der Waals surface area (Å²) >= 11 is 0. The Labute approximate surface area is 123 Å². The summed E-state index contributed by atoms with van der Waals surface area (Å²) in [6.07, 6.45) is 1.36. The average molecular weight is 299 g/mol. The molecule has 1 aromatic heterocycles. The fourth-order valence-electron chi connectivity index (χ4n) is 1.68. The van der Waals surface area contributed by atoms with Crippen molar-refractivity contribution in [2.75, 3.05) is 5.32 Å². The lowest BCUT2D eigenvalue weighted by Gasteiger charge is -2.07. The second-order valence-corrected chi connectivity index (χ2v) is 4.17. The minimum absolute atomic E-state index is 0.0454. The molecule has 9 nitrogen and oxygen atoms in total. The molecule has 1 heterocycles. The van der Waals surface area contributed by atoms with Gasteiger partial charge < -0.3 is 5.32 Å². The molecule has 110 valence electrons. The Bertz CT molecular complexity index is 837. The zero-order valence-corrected chi connectivity index (χ0v) is 11.1. The van der Waals surface area contributed by atoms with Gasteiger partial charge in [0.2, 0.25) is 5.91 Å². The smallest absolute Gasteiger partial charge is 0.270 e. The molecule has 2 aromatic rings. The molecule has 22 heavy (non-hydrogen) atoms. The number of non-ortho nitro benzene ring substituents is 1. The normalized spacial score (nSPS) is 9.77. The summed E-state index contributed by atoms with van der Waals surface area (Å²) in [6, 6.07) is 7.96. The largest absolute Gasteiger partial charge is 0.323 e. The molecule has 1 N–H and O–H groups in total. The molecular weight excluding hydrogens is 290 g/mol. The van der Waals surface area contributed by atoms with Crippen LogP contribution < -0.4 is 10.9 Å². The standard InChI is InChI=1S/C13H9N5O4/c14-7-9-6-10(18(21)22)3-4-11(9)16-12(19)8-17-13(20)2-1-5-15-17/h1-6H,8H2,(H,16,19). The van der Waals surface area contributed by atoms with Crippen LogP contribution in [0, 0.1) is 21.4 Å². The van der Waals surface area contributed by atoms with Gasteiger partial charge in [-0.2, -0.15) is 10.4 Å². The maximum absolute atomic E-state index is 11.9. The second-order valence-electron chi connectivity index (χ2n) is 4.17. The van der Waals surface area contributed by atoms with Crippen LogP contribution in [-0.2, 0) is 11.3 Å². The highest BCUT2D eigenvalue weighted by Crippen LogP contribution is 2.21. The van der Waals surface area contributed by atoms with Crippen molar-refractivity contribution >= 4 is 17.3 Å². The van der Waals surface area contributed by atoms with E-state index in [1.54, 1.807) is 6.07 Å². The summed E-state index contributed by atoms with van der Waals surface area (Å²) in [5, 5.41) is 25.8. The SMILES string of the molecule is N#Cc1cc([N+](=O)[O-])ccc1NC(=O)Cn1ncccc1=O. The van der Waals surface area contributed by atoms with Crippen molar-refractivity contribution in [3.05, 3.63) is 62.6 Å². The van der Waals surface area contributed by atoms with E-state index < -0.39 is 16.4 Å². The van der Waals surface area contributed by atoms with Gasteiger partial charge in [0, 0.05) is 24.4 Å². The van der Waals surface area contributed by atoms with E-state index in [9.17, 15) is 19.7 Å². The van der Waals surface area contributed by atoms with Gasteiger partial charge in [-0.25, -0.2) is 4.68 Å². The van der Waals surface area contributed by atoms with Gasteiger partial charge in [-0.1, -0.05) is 0 Å². The van der Waals surface area contributed by atoms with Crippen molar-refractivity contribution in [1.29, 1.82) is 5.26 Å². The average Bonchev–Trinajstić information content (AvgIpc) is 2.49. The van der Waals surface area contributed by atoms with Gasteiger partial charge in [-0.15, -0.1) is 0 Å². The van der Waals surface area contributed by atoms with Crippen LogP contribution in [0.15, 0.2) is 41.3 Å². The van der Waals surface area contributed by atoms with E-state index in [0.717, 1.165) is 10.7 Å². The third kappa shape index (κ3) is 3.31. The molecule has 0 saturated heterocycles. The van der Waals surface area contributed by atoms with Gasteiger partial charge in [0.05, 0.1) is 16.2 Å². The van der Waals surface area contributed by atoms with Crippen LogP contribution in [0.4, 0.5) is 11.4 Å². The van der Waals surface area contributed by atoms with Crippen LogP contribution in [0.1, 0.15) is 5.56 Å². The summed E-state index contributed by atoms with van der Waals surface area (Å²) in [5.74, 6) is -0.578. The summed E-state index contributed by atoms with van der Waals surface area (Å²) in [6.45, 7) is -0.332. The van der Waals surface area contributed by atoms with Gasteiger partial charge in [0.1, 0.15) is 12.6 Å². The Morgan fingerprint density at radius 2 is 2.23 bits per heavy atom. The van der Waals surface area contributed by atoms with Crippen LogP contribution in [0.3, 0.4) is 0 Å². The molecule has 0 aliphatic heterocycles. The lowest BCUT2D eigenvalue weighted by molar-refractivity contribution is -0.384. The first-order chi connectivity index (χ1) is 10.5. The van der Waals surface area contributed by atoms with Crippen LogP contribution in [0.2, 0.25) is 0 Å². The van der Waals surface area contributed by atoms with Gasteiger partial charge in [0.15, 0.2) is 0 Å². The van der Waals surface area contributed by atoms with E-state index in [1.807, 2.05) is 0 Å². The number of carbonyl (C=O) groups is 1. The van der Waals surface area contributed by atoms with E-state index in [2.05, 4.69) is 10.4 Å². The fourth-order valence-corrected chi connectivity index (χ4v) is 1.68. The number of rotatable bonds is 4. The van der Waals surface area contributed by atoms with E-state index in [-0.39, 0.29) is 23.5 Å². The zero-order chi connectivity index (χ0) is 16.1. The molecule has 1 amide bonds. The van der Waals surface area contributed by atoms with Crippen LogP contribution in [-0.4, -0.2) is 20.6 Å². The highest BCUT2D eigenvalue weighted by atomic mass is 16.6. The molecule has 0 radical (unpaired) electrons. The third-order valence-electron chi connectivity index (χ3n) is 2.69. The maximum atomic E-state index is 11.9. The number of anilines is 1. The van der Waals surface area contributed by atoms with E-state index in [4.69, 9.17) is 5.26 Å². The second kappa shape index (κ2) is 6.27. The Hall–Kier alpha value is -3.54. The summed E-state index contributed by atoms with van der Waals surface area (Å²) < 4.78 is 0.951. The molecule has 0 unspecified atom stereocenters. The predicted molar refractivity (Wildman–Crippen MR) is 74.9 cm³/mol. The summed E-state index contributed by atoms with van der Waals surface area (Å²) in [4.78, 5) is 33.3. The highest BCUT2D eigenvalue weighted by molar-refractivity contribution is 5.92. The maximum Gasteiger partial charge on any atom is 0.270 e. The fraction of sp³-hybridized carbons (Fsp3) is 0.0769. The molecule has 0 aliphatic rings. The monoisotopic (exact) mass is 299 g/mol. The number of aromatic nitrogens is 2. The number of nitro benzene ring substituents is 1. The van der Waals surface area contributed by atoms with Crippen molar-refractivity contribution in [2.24, 2.45) is 0 Å². The Morgan fingerprint density at radius 3 is 2.86 bits per heavy atom. The number of carbonyl (C=O) groups excluding carboxylic acids is 1. The Balaban J connectivity index is 2.19. The topological polar surface area (TPSA) is 131 Å². The van der Waals surface area contributed by atoms with Crippen LogP contribution in [0.25, 0.3) is 0 Å². The van der Waals surface area contributed by atoms with Crippen molar-refractivity contribution in [3.63, 3.8) is 0 Å². The van der Waals surface area contributed by atoms with Gasteiger partial charge in [-0.05, 0) is 12.1 Å². The number of nitro groups is 1. The van der Waals surface area contributed by atoms with E-state index in [1.165, 1.54) is 30.5 Å².